The Morgan fingerprint density at radius 1 is 1.02 bits per heavy atom. The predicted molar refractivity (Wildman–Crippen MR) is 168 cm³/mol. The van der Waals surface area contributed by atoms with Crippen LogP contribution in [0.2, 0.25) is 0 Å². The van der Waals surface area contributed by atoms with Gasteiger partial charge in [0, 0.05) is 45.5 Å². The van der Waals surface area contributed by atoms with E-state index < -0.39 is 5.60 Å². The third kappa shape index (κ3) is 7.86. The standard InChI is InChI=1S/C33H41N7O4/c1-23(41)38-14-9-24(10-15-38)22-43-30-7-6-25(18-29(30)34-5)26-8-13-35-31(19-26)37-27-20-36-40(21-27)28-11-16-39(17-12-28)32(42)44-33(2,3)4/h6-8,13,18-21,24,28H,9-12,14-17,22H2,1-4H3,(H,35,37). The van der Waals surface area contributed by atoms with Crippen molar-refractivity contribution in [1.82, 2.24) is 24.6 Å². The van der Waals surface area contributed by atoms with Gasteiger partial charge in [-0.2, -0.15) is 5.10 Å². The van der Waals surface area contributed by atoms with Crippen LogP contribution < -0.4 is 10.1 Å². The second-order valence-corrected chi connectivity index (χ2v) is 12.5. The Balaban J connectivity index is 1.17. The lowest BCUT2D eigenvalue weighted by atomic mass is 9.98. The van der Waals surface area contributed by atoms with Crippen molar-refractivity contribution in [3.8, 4) is 16.9 Å². The Labute approximate surface area is 259 Å². The first kappa shape index (κ1) is 30.9. The van der Waals surface area contributed by atoms with Gasteiger partial charge in [0.25, 0.3) is 0 Å². The van der Waals surface area contributed by atoms with Crippen molar-refractivity contribution in [2.24, 2.45) is 5.92 Å². The number of carbonyl (C=O) groups is 2. The fourth-order valence-electron chi connectivity index (χ4n) is 5.60. The average molecular weight is 600 g/mol. The van der Waals surface area contributed by atoms with Gasteiger partial charge >= 0.3 is 6.09 Å². The Kier molecular flexibility index (Phi) is 9.37. The number of anilines is 2. The fourth-order valence-corrected chi connectivity index (χ4v) is 5.60. The van der Waals surface area contributed by atoms with Crippen LogP contribution in [0.3, 0.4) is 0 Å². The van der Waals surface area contributed by atoms with Crippen LogP contribution >= 0.6 is 0 Å². The van der Waals surface area contributed by atoms with Crippen LogP contribution in [0.1, 0.15) is 59.4 Å². The Morgan fingerprint density at radius 3 is 2.41 bits per heavy atom. The monoisotopic (exact) mass is 599 g/mol. The van der Waals surface area contributed by atoms with E-state index in [1.165, 1.54) is 0 Å². The topological polar surface area (TPSA) is 106 Å². The fraction of sp³-hybridized carbons (Fsp3) is 0.485. The molecule has 11 heteroatoms. The molecule has 0 spiro atoms. The number of rotatable bonds is 7. The van der Waals surface area contributed by atoms with E-state index in [1.54, 1.807) is 24.2 Å². The summed E-state index contributed by atoms with van der Waals surface area (Å²) in [5.41, 5.74) is 2.61. The first-order chi connectivity index (χ1) is 21.1. The molecule has 2 amide bonds. The zero-order valence-corrected chi connectivity index (χ0v) is 26.0. The molecule has 0 atom stereocenters. The molecule has 44 heavy (non-hydrogen) atoms. The molecule has 11 nitrogen and oxygen atoms in total. The smallest absolute Gasteiger partial charge is 0.410 e. The maximum absolute atomic E-state index is 12.4. The number of ether oxygens (including phenoxy) is 2. The third-order valence-corrected chi connectivity index (χ3v) is 8.07. The predicted octanol–water partition coefficient (Wildman–Crippen LogP) is 6.45. The molecule has 2 fully saturated rings. The SMILES string of the molecule is [C-]#[N+]c1cc(-c2ccnc(Nc3cnn(C4CCN(C(=O)OC(C)(C)C)CC4)c3)c2)ccc1OCC1CCN(C(C)=O)CC1. The molecule has 1 N–H and O–H groups in total. The minimum absolute atomic E-state index is 0.119. The van der Waals surface area contributed by atoms with Crippen molar-refractivity contribution in [2.75, 3.05) is 38.1 Å². The number of hydrogen-bond donors (Lipinski definition) is 1. The molecule has 0 aliphatic carbocycles. The van der Waals surface area contributed by atoms with Gasteiger partial charge < -0.3 is 24.6 Å². The molecule has 2 aliphatic rings. The molecule has 5 rings (SSSR count). The molecule has 0 radical (unpaired) electrons. The largest absolute Gasteiger partial charge is 0.504 e. The normalized spacial score (nSPS) is 16.3. The Morgan fingerprint density at radius 2 is 1.73 bits per heavy atom. The average Bonchev–Trinajstić information content (AvgIpc) is 3.48. The maximum Gasteiger partial charge on any atom is 0.410 e. The lowest BCUT2D eigenvalue weighted by Crippen LogP contribution is -2.42. The quantitative estimate of drug-likeness (QED) is 0.311. The molecule has 0 saturated carbocycles. The highest BCUT2D eigenvalue weighted by Gasteiger charge is 2.28. The summed E-state index contributed by atoms with van der Waals surface area (Å²) in [5.74, 6) is 1.73. The van der Waals surface area contributed by atoms with E-state index >= 15 is 0 Å². The number of aromatic nitrogens is 3. The minimum atomic E-state index is -0.504. The number of hydrogen-bond acceptors (Lipinski definition) is 7. The van der Waals surface area contributed by atoms with Crippen molar-refractivity contribution < 1.29 is 19.1 Å². The molecular formula is C33H41N7O4. The first-order valence-electron chi connectivity index (χ1n) is 15.2. The molecular weight excluding hydrogens is 558 g/mol. The van der Waals surface area contributed by atoms with E-state index in [0.717, 1.165) is 55.6 Å². The third-order valence-electron chi connectivity index (χ3n) is 8.07. The number of pyridine rings is 1. The molecule has 232 valence electrons. The van der Waals surface area contributed by atoms with Gasteiger partial charge in [0.1, 0.15) is 17.2 Å². The van der Waals surface area contributed by atoms with Crippen molar-refractivity contribution in [3.05, 3.63) is 60.3 Å². The second-order valence-electron chi connectivity index (χ2n) is 12.5. The number of amides is 2. The highest BCUT2D eigenvalue weighted by molar-refractivity contribution is 5.75. The number of carbonyl (C=O) groups excluding carboxylic acids is 2. The van der Waals surface area contributed by atoms with Gasteiger partial charge in [0.2, 0.25) is 11.6 Å². The van der Waals surface area contributed by atoms with Crippen molar-refractivity contribution in [2.45, 2.75) is 65.0 Å². The summed E-state index contributed by atoms with van der Waals surface area (Å²) in [5, 5.41) is 7.91. The Hall–Kier alpha value is -4.59. The highest BCUT2D eigenvalue weighted by atomic mass is 16.6. The van der Waals surface area contributed by atoms with Crippen LogP contribution in [0.15, 0.2) is 48.9 Å². The molecule has 2 aliphatic heterocycles. The van der Waals surface area contributed by atoms with Crippen molar-refractivity contribution in [3.63, 3.8) is 0 Å². The minimum Gasteiger partial charge on any atom is -0.504 e. The van der Waals surface area contributed by atoms with Gasteiger partial charge in [0.05, 0.1) is 31.1 Å². The molecule has 2 saturated heterocycles. The van der Waals surface area contributed by atoms with Crippen molar-refractivity contribution in [1.29, 1.82) is 0 Å². The Bertz CT molecular complexity index is 1510. The highest BCUT2D eigenvalue weighted by Crippen LogP contribution is 2.35. The van der Waals surface area contributed by atoms with E-state index in [2.05, 4.69) is 20.2 Å². The molecule has 3 aromatic rings. The van der Waals surface area contributed by atoms with E-state index in [4.69, 9.17) is 16.0 Å². The van der Waals surface area contributed by atoms with Gasteiger partial charge in [-0.25, -0.2) is 14.6 Å². The van der Waals surface area contributed by atoms with E-state index in [0.29, 0.717) is 42.9 Å². The van der Waals surface area contributed by atoms with Crippen LogP contribution in [-0.4, -0.2) is 75.0 Å². The summed E-state index contributed by atoms with van der Waals surface area (Å²) < 4.78 is 13.5. The van der Waals surface area contributed by atoms with E-state index in [1.807, 2.05) is 66.9 Å². The molecule has 0 unspecified atom stereocenters. The van der Waals surface area contributed by atoms with Gasteiger partial charge in [-0.3, -0.25) is 9.48 Å². The maximum atomic E-state index is 12.4. The van der Waals surface area contributed by atoms with Gasteiger partial charge in [0.15, 0.2) is 0 Å². The first-order valence-corrected chi connectivity index (χ1v) is 15.2. The summed E-state index contributed by atoms with van der Waals surface area (Å²) in [6.45, 7) is 18.3. The number of benzene rings is 1. The zero-order valence-electron chi connectivity index (χ0n) is 26.0. The zero-order chi connectivity index (χ0) is 31.3. The molecule has 4 heterocycles. The molecule has 2 aromatic heterocycles. The van der Waals surface area contributed by atoms with Crippen LogP contribution in [0.5, 0.6) is 5.75 Å². The summed E-state index contributed by atoms with van der Waals surface area (Å²) >= 11 is 0. The van der Waals surface area contributed by atoms with Crippen LogP contribution in [0.25, 0.3) is 16.0 Å². The summed E-state index contributed by atoms with van der Waals surface area (Å²) in [4.78, 5) is 35.8. The summed E-state index contributed by atoms with van der Waals surface area (Å²) in [6.07, 6.45) is 8.64. The number of likely N-dealkylation sites (tertiary alicyclic amines) is 2. The lowest BCUT2D eigenvalue weighted by Gasteiger charge is -2.33. The molecule has 1 aromatic carbocycles. The number of piperidine rings is 2. The molecule has 0 bridgehead atoms. The van der Waals surface area contributed by atoms with Gasteiger partial charge in [-0.05, 0) is 87.8 Å². The van der Waals surface area contributed by atoms with Gasteiger partial charge in [-0.1, -0.05) is 6.07 Å². The van der Waals surface area contributed by atoms with Gasteiger partial charge in [-0.15, -0.1) is 0 Å². The number of nitrogens with one attached hydrogen (secondary N) is 1. The van der Waals surface area contributed by atoms with Crippen molar-refractivity contribution >= 4 is 29.2 Å². The second kappa shape index (κ2) is 13.4. The van der Waals surface area contributed by atoms with E-state index in [9.17, 15) is 9.59 Å². The lowest BCUT2D eigenvalue weighted by molar-refractivity contribution is -0.130. The number of nitrogens with zero attached hydrogens (tertiary/aromatic N) is 6. The van der Waals surface area contributed by atoms with Crippen LogP contribution in [0.4, 0.5) is 22.0 Å². The summed E-state index contributed by atoms with van der Waals surface area (Å²) in [6, 6.07) is 9.73. The summed E-state index contributed by atoms with van der Waals surface area (Å²) in [7, 11) is 0. The van der Waals surface area contributed by atoms with Crippen LogP contribution in [-0.2, 0) is 9.53 Å². The van der Waals surface area contributed by atoms with Crippen LogP contribution in [0, 0.1) is 12.5 Å². The van der Waals surface area contributed by atoms with E-state index in [-0.39, 0.29) is 18.0 Å².